The molecule has 1 rings (SSSR count). The Hall–Kier alpha value is -1.27. The van der Waals surface area contributed by atoms with E-state index in [0.717, 1.165) is 4.90 Å². The molecule has 0 aliphatic rings. The molecule has 0 aromatic heterocycles. The molecule has 1 aromatic carbocycles. The van der Waals surface area contributed by atoms with E-state index in [4.69, 9.17) is 5.26 Å². The van der Waals surface area contributed by atoms with E-state index in [9.17, 15) is 4.79 Å². The lowest BCUT2D eigenvalue weighted by atomic mass is 9.89. The fourth-order valence-electron chi connectivity index (χ4n) is 1.66. The molecule has 0 bridgehead atoms. The lowest BCUT2D eigenvalue weighted by Crippen LogP contribution is -2.18. The Bertz CT molecular complexity index is 443. The fraction of sp³-hybridized carbons (Fsp3) is 0.467. The molecule has 0 fully saturated rings. The molecular formula is C15H19NOS. The van der Waals surface area contributed by atoms with Crippen molar-refractivity contribution in [2.75, 3.05) is 0 Å². The number of ketones is 1. The van der Waals surface area contributed by atoms with E-state index < -0.39 is 5.92 Å². The summed E-state index contributed by atoms with van der Waals surface area (Å²) in [6.07, 6.45) is 0. The topological polar surface area (TPSA) is 40.9 Å². The second kappa shape index (κ2) is 6.61. The second-order valence-electron chi connectivity index (χ2n) is 4.91. The van der Waals surface area contributed by atoms with E-state index >= 15 is 0 Å². The minimum atomic E-state index is -0.548. The number of rotatable bonds is 5. The molecular weight excluding hydrogens is 242 g/mol. The summed E-state index contributed by atoms with van der Waals surface area (Å²) in [5, 5.41) is 9.55. The molecule has 1 atom stereocenters. The van der Waals surface area contributed by atoms with E-state index in [1.165, 1.54) is 0 Å². The van der Waals surface area contributed by atoms with Crippen LogP contribution in [0.1, 0.15) is 38.1 Å². The highest BCUT2D eigenvalue weighted by molar-refractivity contribution is 7.99. The van der Waals surface area contributed by atoms with Gasteiger partial charge in [-0.3, -0.25) is 4.79 Å². The summed E-state index contributed by atoms with van der Waals surface area (Å²) in [5.74, 6) is -0.575. The molecule has 0 heterocycles. The van der Waals surface area contributed by atoms with Crippen LogP contribution >= 0.6 is 11.8 Å². The minimum Gasteiger partial charge on any atom is -0.293 e. The Balaban J connectivity index is 2.85. The SMILES string of the molecule is CC(C)Sc1ccc(C(=O)C(C#N)C(C)C)cc1. The number of hydrogen-bond acceptors (Lipinski definition) is 3. The third-order valence-corrected chi connectivity index (χ3v) is 3.61. The summed E-state index contributed by atoms with van der Waals surface area (Å²) in [7, 11) is 0. The molecule has 0 aliphatic carbocycles. The highest BCUT2D eigenvalue weighted by Gasteiger charge is 2.22. The Morgan fingerprint density at radius 1 is 1.17 bits per heavy atom. The van der Waals surface area contributed by atoms with Crippen LogP contribution in [-0.4, -0.2) is 11.0 Å². The van der Waals surface area contributed by atoms with Crippen molar-refractivity contribution in [1.29, 1.82) is 5.26 Å². The van der Waals surface area contributed by atoms with Crippen molar-refractivity contribution in [3.8, 4) is 6.07 Å². The lowest BCUT2D eigenvalue weighted by Gasteiger charge is -2.12. The van der Waals surface area contributed by atoms with Crippen molar-refractivity contribution in [2.45, 2.75) is 37.8 Å². The number of nitriles is 1. The third-order valence-electron chi connectivity index (χ3n) is 2.60. The number of carbonyl (C=O) groups excluding carboxylic acids is 1. The van der Waals surface area contributed by atoms with Crippen LogP contribution < -0.4 is 0 Å². The predicted octanol–water partition coefficient (Wildman–Crippen LogP) is 4.17. The second-order valence-corrected chi connectivity index (χ2v) is 6.56. The maximum atomic E-state index is 12.1. The molecule has 0 N–H and O–H groups in total. The van der Waals surface area contributed by atoms with Gasteiger partial charge in [-0.05, 0) is 18.1 Å². The van der Waals surface area contributed by atoms with Crippen molar-refractivity contribution in [2.24, 2.45) is 11.8 Å². The molecule has 2 nitrogen and oxygen atoms in total. The smallest absolute Gasteiger partial charge is 0.180 e. The maximum absolute atomic E-state index is 12.1. The molecule has 3 heteroatoms. The van der Waals surface area contributed by atoms with Crippen LogP contribution in [0.4, 0.5) is 0 Å². The van der Waals surface area contributed by atoms with Crippen molar-refractivity contribution in [1.82, 2.24) is 0 Å². The minimum absolute atomic E-state index is 0.0483. The largest absolute Gasteiger partial charge is 0.293 e. The molecule has 0 spiro atoms. The zero-order valence-electron chi connectivity index (χ0n) is 11.3. The van der Waals surface area contributed by atoms with Gasteiger partial charge in [0.15, 0.2) is 5.78 Å². The molecule has 0 amide bonds. The van der Waals surface area contributed by atoms with Crippen molar-refractivity contribution in [3.05, 3.63) is 29.8 Å². The first-order valence-corrected chi connectivity index (χ1v) is 7.04. The number of carbonyl (C=O) groups is 1. The summed E-state index contributed by atoms with van der Waals surface area (Å²) < 4.78 is 0. The van der Waals surface area contributed by atoms with Crippen molar-refractivity contribution < 1.29 is 4.79 Å². The van der Waals surface area contributed by atoms with E-state index in [0.29, 0.717) is 10.8 Å². The maximum Gasteiger partial charge on any atom is 0.180 e. The van der Waals surface area contributed by atoms with Gasteiger partial charge in [0.25, 0.3) is 0 Å². The molecule has 0 radical (unpaired) electrons. The quantitative estimate of drug-likeness (QED) is 0.590. The van der Waals surface area contributed by atoms with Gasteiger partial charge in [0.05, 0.1) is 6.07 Å². The van der Waals surface area contributed by atoms with Crippen LogP contribution in [0.15, 0.2) is 29.2 Å². The van der Waals surface area contributed by atoms with Crippen LogP contribution in [0.3, 0.4) is 0 Å². The van der Waals surface area contributed by atoms with Gasteiger partial charge in [0, 0.05) is 15.7 Å². The molecule has 0 aliphatic heterocycles. The number of thioether (sulfide) groups is 1. The standard InChI is InChI=1S/C15H19NOS/c1-10(2)14(9-16)15(17)12-5-7-13(8-6-12)18-11(3)4/h5-8,10-11,14H,1-4H3. The van der Waals surface area contributed by atoms with Gasteiger partial charge in [0.2, 0.25) is 0 Å². The van der Waals surface area contributed by atoms with Crippen molar-refractivity contribution >= 4 is 17.5 Å². The predicted molar refractivity (Wildman–Crippen MR) is 75.7 cm³/mol. The summed E-state index contributed by atoms with van der Waals surface area (Å²) in [6, 6.07) is 9.63. The monoisotopic (exact) mass is 261 g/mol. The molecule has 18 heavy (non-hydrogen) atoms. The van der Waals surface area contributed by atoms with E-state index in [1.54, 1.807) is 11.8 Å². The summed E-state index contributed by atoms with van der Waals surface area (Å²) in [4.78, 5) is 13.3. The van der Waals surface area contributed by atoms with Gasteiger partial charge in [0.1, 0.15) is 5.92 Å². The average Bonchev–Trinajstić information content (AvgIpc) is 2.29. The van der Waals surface area contributed by atoms with Crippen LogP contribution in [0.2, 0.25) is 0 Å². The van der Waals surface area contributed by atoms with Crippen molar-refractivity contribution in [3.63, 3.8) is 0 Å². The summed E-state index contributed by atoms with van der Waals surface area (Å²) >= 11 is 1.76. The number of hydrogen-bond donors (Lipinski definition) is 0. The lowest BCUT2D eigenvalue weighted by molar-refractivity contribution is 0.0924. The number of nitrogens with zero attached hydrogens (tertiary/aromatic N) is 1. The zero-order valence-corrected chi connectivity index (χ0v) is 12.1. The van der Waals surface area contributed by atoms with E-state index in [2.05, 4.69) is 19.9 Å². The zero-order chi connectivity index (χ0) is 13.7. The summed E-state index contributed by atoms with van der Waals surface area (Å²) in [6.45, 7) is 8.06. The van der Waals surface area contributed by atoms with Crippen LogP contribution in [0, 0.1) is 23.2 Å². The van der Waals surface area contributed by atoms with Crippen LogP contribution in [0.5, 0.6) is 0 Å². The molecule has 96 valence electrons. The van der Waals surface area contributed by atoms with E-state index in [1.807, 2.05) is 38.1 Å². The first kappa shape index (κ1) is 14.8. The van der Waals surface area contributed by atoms with Crippen LogP contribution in [0.25, 0.3) is 0 Å². The fourth-order valence-corrected chi connectivity index (χ4v) is 2.50. The van der Waals surface area contributed by atoms with E-state index in [-0.39, 0.29) is 11.7 Å². The number of Topliss-reactive ketones (excluding diaryl/α,β-unsaturated/α-hetero) is 1. The Morgan fingerprint density at radius 3 is 2.11 bits per heavy atom. The average molecular weight is 261 g/mol. The van der Waals surface area contributed by atoms with Gasteiger partial charge in [-0.2, -0.15) is 5.26 Å². The summed E-state index contributed by atoms with van der Waals surface area (Å²) in [5.41, 5.74) is 0.628. The first-order chi connectivity index (χ1) is 8.45. The van der Waals surface area contributed by atoms with Gasteiger partial charge in [-0.1, -0.05) is 39.8 Å². The molecule has 0 saturated carbocycles. The molecule has 1 unspecified atom stereocenters. The van der Waals surface area contributed by atoms with Gasteiger partial charge in [-0.15, -0.1) is 11.8 Å². The molecule has 0 saturated heterocycles. The van der Waals surface area contributed by atoms with Gasteiger partial charge >= 0.3 is 0 Å². The van der Waals surface area contributed by atoms with Gasteiger partial charge in [-0.25, -0.2) is 0 Å². The molecule has 1 aromatic rings. The highest BCUT2D eigenvalue weighted by atomic mass is 32.2. The van der Waals surface area contributed by atoms with Crippen LogP contribution in [-0.2, 0) is 0 Å². The normalized spacial score (nSPS) is 12.5. The Labute approximate surface area is 113 Å². The Kier molecular flexibility index (Phi) is 5.43. The first-order valence-electron chi connectivity index (χ1n) is 6.16. The van der Waals surface area contributed by atoms with Gasteiger partial charge < -0.3 is 0 Å². The third kappa shape index (κ3) is 3.89. The Morgan fingerprint density at radius 2 is 1.72 bits per heavy atom. The highest BCUT2D eigenvalue weighted by Crippen LogP contribution is 2.24. The number of benzene rings is 1.